The predicted molar refractivity (Wildman–Crippen MR) is 93.9 cm³/mol. The number of carbonyl (C=O) groups is 2. The number of nitrogens with one attached hydrogen (secondary N) is 1. The van der Waals surface area contributed by atoms with Crippen molar-refractivity contribution in [3.63, 3.8) is 0 Å². The molecule has 1 N–H and O–H groups in total. The first kappa shape index (κ1) is 18.3. The predicted octanol–water partition coefficient (Wildman–Crippen LogP) is 2.53. The van der Waals surface area contributed by atoms with Gasteiger partial charge in [0, 0.05) is 25.6 Å². The van der Waals surface area contributed by atoms with E-state index < -0.39 is 0 Å². The van der Waals surface area contributed by atoms with Crippen molar-refractivity contribution in [1.82, 2.24) is 10.2 Å². The van der Waals surface area contributed by atoms with Crippen molar-refractivity contribution < 1.29 is 14.3 Å². The third kappa shape index (κ3) is 5.87. The lowest BCUT2D eigenvalue weighted by Crippen LogP contribution is -2.47. The molecular weight excluding hydrogens is 304 g/mol. The van der Waals surface area contributed by atoms with E-state index in [2.05, 4.69) is 19.2 Å². The van der Waals surface area contributed by atoms with Gasteiger partial charge in [-0.05, 0) is 43.4 Å². The summed E-state index contributed by atoms with van der Waals surface area (Å²) >= 11 is 0. The molecule has 1 heterocycles. The van der Waals surface area contributed by atoms with Gasteiger partial charge in [0.15, 0.2) is 6.61 Å². The number of carbonyl (C=O) groups excluding carboxylic acids is 2. The molecule has 2 rings (SSSR count). The van der Waals surface area contributed by atoms with Crippen LogP contribution < -0.4 is 10.1 Å². The summed E-state index contributed by atoms with van der Waals surface area (Å²) in [6.45, 7) is 7.56. The van der Waals surface area contributed by atoms with E-state index in [1.165, 1.54) is 0 Å². The van der Waals surface area contributed by atoms with Crippen LogP contribution in [0.15, 0.2) is 24.3 Å². The number of amides is 2. The third-order valence-corrected chi connectivity index (χ3v) is 4.16. The summed E-state index contributed by atoms with van der Waals surface area (Å²) in [5, 5.41) is 3.00. The van der Waals surface area contributed by atoms with Gasteiger partial charge in [-0.15, -0.1) is 0 Å². The number of benzene rings is 1. The first-order chi connectivity index (χ1) is 11.4. The van der Waals surface area contributed by atoms with Crippen LogP contribution in [-0.4, -0.2) is 42.5 Å². The Bertz CT molecular complexity index is 563. The van der Waals surface area contributed by atoms with Crippen LogP contribution in [0.2, 0.25) is 0 Å². The van der Waals surface area contributed by atoms with Crippen molar-refractivity contribution in [1.29, 1.82) is 0 Å². The van der Waals surface area contributed by atoms with E-state index in [1.807, 2.05) is 36.1 Å². The summed E-state index contributed by atoms with van der Waals surface area (Å²) in [5.74, 6) is 1.20. The number of likely N-dealkylation sites (tertiary alicyclic amines) is 1. The standard InChI is InChI=1S/C19H28N2O3/c1-14(2)11-19(23)21-9-7-16(8-10-21)20-18(22)13-24-17-6-4-5-15(3)12-17/h4-6,12,14,16H,7-11,13H2,1-3H3,(H,20,22). The molecule has 1 aromatic carbocycles. The highest BCUT2D eigenvalue weighted by molar-refractivity contribution is 5.78. The van der Waals surface area contributed by atoms with Crippen LogP contribution in [0.5, 0.6) is 5.75 Å². The van der Waals surface area contributed by atoms with Crippen molar-refractivity contribution >= 4 is 11.8 Å². The summed E-state index contributed by atoms with van der Waals surface area (Å²) in [4.78, 5) is 26.0. The monoisotopic (exact) mass is 332 g/mol. The molecule has 1 aliphatic rings. The summed E-state index contributed by atoms with van der Waals surface area (Å²) in [6, 6.07) is 7.78. The van der Waals surface area contributed by atoms with E-state index in [4.69, 9.17) is 4.74 Å². The van der Waals surface area contributed by atoms with Crippen LogP contribution in [0.25, 0.3) is 0 Å². The normalized spacial score (nSPS) is 15.4. The zero-order valence-corrected chi connectivity index (χ0v) is 14.9. The molecular formula is C19H28N2O3. The largest absolute Gasteiger partial charge is 0.484 e. The summed E-state index contributed by atoms with van der Waals surface area (Å²) in [6.07, 6.45) is 2.21. The van der Waals surface area contributed by atoms with Crippen molar-refractivity contribution in [2.45, 2.75) is 46.1 Å². The van der Waals surface area contributed by atoms with Gasteiger partial charge in [0.2, 0.25) is 5.91 Å². The fourth-order valence-electron chi connectivity index (χ4n) is 2.87. The Morgan fingerprint density at radius 1 is 1.29 bits per heavy atom. The lowest BCUT2D eigenvalue weighted by molar-refractivity contribution is -0.133. The maximum absolute atomic E-state index is 12.0. The molecule has 0 aromatic heterocycles. The second-order valence-corrected chi connectivity index (χ2v) is 6.93. The van der Waals surface area contributed by atoms with E-state index in [1.54, 1.807) is 0 Å². The molecule has 1 fully saturated rings. The van der Waals surface area contributed by atoms with Gasteiger partial charge in [-0.1, -0.05) is 26.0 Å². The lowest BCUT2D eigenvalue weighted by atomic mass is 10.0. The van der Waals surface area contributed by atoms with Crippen molar-refractivity contribution in [3.8, 4) is 5.75 Å². The highest BCUT2D eigenvalue weighted by Gasteiger charge is 2.24. The number of piperidine rings is 1. The number of aryl methyl sites for hydroxylation is 1. The first-order valence-corrected chi connectivity index (χ1v) is 8.70. The maximum Gasteiger partial charge on any atom is 0.258 e. The summed E-state index contributed by atoms with van der Waals surface area (Å²) in [7, 11) is 0. The summed E-state index contributed by atoms with van der Waals surface area (Å²) < 4.78 is 5.52. The molecule has 0 bridgehead atoms. The van der Waals surface area contributed by atoms with Gasteiger partial charge in [0.25, 0.3) is 5.91 Å². The Morgan fingerprint density at radius 2 is 2.00 bits per heavy atom. The molecule has 0 radical (unpaired) electrons. The van der Waals surface area contributed by atoms with Crippen LogP contribution in [0, 0.1) is 12.8 Å². The summed E-state index contributed by atoms with van der Waals surface area (Å²) in [5.41, 5.74) is 1.10. The number of ether oxygens (including phenoxy) is 1. The highest BCUT2D eigenvalue weighted by Crippen LogP contribution is 2.14. The maximum atomic E-state index is 12.0. The second-order valence-electron chi connectivity index (χ2n) is 6.93. The highest BCUT2D eigenvalue weighted by atomic mass is 16.5. The molecule has 1 saturated heterocycles. The van der Waals surface area contributed by atoms with E-state index in [0.29, 0.717) is 18.1 Å². The fraction of sp³-hybridized carbons (Fsp3) is 0.579. The minimum Gasteiger partial charge on any atom is -0.484 e. The third-order valence-electron chi connectivity index (χ3n) is 4.16. The van der Waals surface area contributed by atoms with Crippen LogP contribution in [0.3, 0.4) is 0 Å². The van der Waals surface area contributed by atoms with Crippen molar-refractivity contribution in [3.05, 3.63) is 29.8 Å². The van der Waals surface area contributed by atoms with Gasteiger partial charge in [-0.2, -0.15) is 0 Å². The Balaban J connectivity index is 1.69. The Morgan fingerprint density at radius 3 is 2.62 bits per heavy atom. The van der Waals surface area contributed by atoms with Gasteiger partial charge in [-0.25, -0.2) is 0 Å². The SMILES string of the molecule is Cc1cccc(OCC(=O)NC2CCN(C(=O)CC(C)C)CC2)c1. The molecule has 0 aliphatic carbocycles. The molecule has 1 aromatic rings. The van der Waals surface area contributed by atoms with Crippen LogP contribution >= 0.6 is 0 Å². The molecule has 24 heavy (non-hydrogen) atoms. The minimum atomic E-state index is -0.108. The number of hydrogen-bond acceptors (Lipinski definition) is 3. The Kier molecular flexibility index (Phi) is 6.64. The van der Waals surface area contributed by atoms with Gasteiger partial charge < -0.3 is 15.0 Å². The van der Waals surface area contributed by atoms with Crippen molar-refractivity contribution in [2.75, 3.05) is 19.7 Å². The molecule has 1 aliphatic heterocycles. The van der Waals surface area contributed by atoms with Gasteiger partial charge >= 0.3 is 0 Å². The Hall–Kier alpha value is -2.04. The quantitative estimate of drug-likeness (QED) is 0.871. The smallest absolute Gasteiger partial charge is 0.258 e. The zero-order chi connectivity index (χ0) is 17.5. The van der Waals surface area contributed by atoms with Crippen molar-refractivity contribution in [2.24, 2.45) is 5.92 Å². The van der Waals surface area contributed by atoms with Gasteiger partial charge in [-0.3, -0.25) is 9.59 Å². The van der Waals surface area contributed by atoms with Gasteiger partial charge in [0.1, 0.15) is 5.75 Å². The van der Waals surface area contributed by atoms with Crippen LogP contribution in [-0.2, 0) is 9.59 Å². The van der Waals surface area contributed by atoms with Crippen LogP contribution in [0.4, 0.5) is 0 Å². The Labute approximate surface area is 144 Å². The van der Waals surface area contributed by atoms with E-state index in [-0.39, 0.29) is 24.5 Å². The van der Waals surface area contributed by atoms with E-state index >= 15 is 0 Å². The number of rotatable bonds is 6. The minimum absolute atomic E-state index is 0.0238. The van der Waals surface area contributed by atoms with Gasteiger partial charge in [0.05, 0.1) is 0 Å². The topological polar surface area (TPSA) is 58.6 Å². The average Bonchev–Trinajstić information content (AvgIpc) is 2.53. The molecule has 0 saturated carbocycles. The molecule has 132 valence electrons. The number of nitrogens with zero attached hydrogens (tertiary/aromatic N) is 1. The fourth-order valence-corrected chi connectivity index (χ4v) is 2.87. The molecule has 0 spiro atoms. The second kappa shape index (κ2) is 8.71. The van der Waals surface area contributed by atoms with E-state index in [0.717, 1.165) is 31.5 Å². The molecule has 5 nitrogen and oxygen atoms in total. The molecule has 0 unspecified atom stereocenters. The average molecular weight is 332 g/mol. The number of hydrogen-bond donors (Lipinski definition) is 1. The molecule has 2 amide bonds. The van der Waals surface area contributed by atoms with Crippen LogP contribution in [0.1, 0.15) is 38.7 Å². The molecule has 5 heteroatoms. The van der Waals surface area contributed by atoms with E-state index in [9.17, 15) is 9.59 Å². The lowest BCUT2D eigenvalue weighted by Gasteiger charge is -2.32. The first-order valence-electron chi connectivity index (χ1n) is 8.70. The zero-order valence-electron chi connectivity index (χ0n) is 14.9. The molecule has 0 atom stereocenters.